The maximum Gasteiger partial charge on any atom is 0.137 e. The van der Waals surface area contributed by atoms with E-state index < -0.39 is 0 Å². The van der Waals surface area contributed by atoms with Crippen LogP contribution in [0.3, 0.4) is 0 Å². The summed E-state index contributed by atoms with van der Waals surface area (Å²) in [5, 5.41) is 0. The molecule has 0 aliphatic rings. The minimum absolute atomic E-state index is 0.558. The summed E-state index contributed by atoms with van der Waals surface area (Å²) in [6.45, 7) is 0.558. The topological polar surface area (TPSA) is 22.1 Å². The molecule has 1 aromatic heterocycles. The van der Waals surface area contributed by atoms with E-state index in [1.165, 1.54) is 0 Å². The van der Waals surface area contributed by atoms with Crippen molar-refractivity contribution in [3.8, 4) is 18.1 Å². The number of aromatic nitrogens is 1. The van der Waals surface area contributed by atoms with Gasteiger partial charge in [0.1, 0.15) is 5.75 Å². The first kappa shape index (κ1) is 7.62. The van der Waals surface area contributed by atoms with E-state index in [0.29, 0.717) is 13.0 Å². The fraction of sp³-hybridized carbons (Fsp3) is 0.222. The maximum atomic E-state index is 5.24. The molecule has 2 nitrogen and oxygen atoms in total. The van der Waals surface area contributed by atoms with E-state index in [1.807, 2.05) is 12.1 Å². The summed E-state index contributed by atoms with van der Waals surface area (Å²) in [7, 11) is 0. The molecular weight excluding hydrogens is 138 g/mol. The van der Waals surface area contributed by atoms with Gasteiger partial charge < -0.3 is 4.74 Å². The van der Waals surface area contributed by atoms with Crippen molar-refractivity contribution >= 4 is 0 Å². The van der Waals surface area contributed by atoms with E-state index >= 15 is 0 Å². The van der Waals surface area contributed by atoms with Crippen LogP contribution in [0.2, 0.25) is 0 Å². The van der Waals surface area contributed by atoms with Crippen molar-refractivity contribution in [1.82, 2.24) is 4.98 Å². The Morgan fingerprint density at radius 2 is 2.55 bits per heavy atom. The Balaban J connectivity index is 2.35. The average molecular weight is 147 g/mol. The third-order valence-electron chi connectivity index (χ3n) is 1.15. The Morgan fingerprint density at radius 1 is 1.64 bits per heavy atom. The second kappa shape index (κ2) is 4.35. The van der Waals surface area contributed by atoms with Gasteiger partial charge in [-0.2, -0.15) is 0 Å². The first-order valence-corrected chi connectivity index (χ1v) is 3.40. The van der Waals surface area contributed by atoms with Crippen molar-refractivity contribution in [2.45, 2.75) is 6.42 Å². The molecule has 0 unspecified atom stereocenters. The quantitative estimate of drug-likeness (QED) is 0.477. The van der Waals surface area contributed by atoms with Crippen LogP contribution in [0.25, 0.3) is 0 Å². The van der Waals surface area contributed by atoms with Crippen LogP contribution in [0.5, 0.6) is 5.75 Å². The fourth-order valence-corrected chi connectivity index (χ4v) is 0.660. The lowest BCUT2D eigenvalue weighted by atomic mass is 10.4. The highest BCUT2D eigenvalue weighted by Gasteiger charge is 1.88. The summed E-state index contributed by atoms with van der Waals surface area (Å²) in [6, 6.07) is 3.68. The van der Waals surface area contributed by atoms with E-state index in [-0.39, 0.29) is 0 Å². The lowest BCUT2D eigenvalue weighted by molar-refractivity contribution is 0.326. The number of hydrogen-bond donors (Lipinski definition) is 0. The number of hydrogen-bond acceptors (Lipinski definition) is 2. The zero-order valence-corrected chi connectivity index (χ0v) is 6.16. The molecule has 56 valence electrons. The molecule has 0 N–H and O–H groups in total. The van der Waals surface area contributed by atoms with E-state index in [9.17, 15) is 0 Å². The van der Waals surface area contributed by atoms with Gasteiger partial charge in [0.25, 0.3) is 0 Å². The van der Waals surface area contributed by atoms with Gasteiger partial charge in [-0.3, -0.25) is 4.98 Å². The molecule has 1 heterocycles. The summed E-state index contributed by atoms with van der Waals surface area (Å²) >= 11 is 0. The van der Waals surface area contributed by atoms with Gasteiger partial charge in [-0.05, 0) is 12.1 Å². The third-order valence-corrected chi connectivity index (χ3v) is 1.15. The monoisotopic (exact) mass is 147 g/mol. The van der Waals surface area contributed by atoms with Crippen molar-refractivity contribution in [3.05, 3.63) is 24.5 Å². The Kier molecular flexibility index (Phi) is 3.01. The Labute approximate surface area is 66.2 Å². The third kappa shape index (κ3) is 2.72. The van der Waals surface area contributed by atoms with Crippen LogP contribution in [0.4, 0.5) is 0 Å². The summed E-state index contributed by atoms with van der Waals surface area (Å²) in [6.07, 6.45) is 9.05. The largest absolute Gasteiger partial charge is 0.491 e. The number of terminal acetylenes is 1. The standard InChI is InChI=1S/C9H9NO/c1-2-3-7-11-9-5-4-6-10-8-9/h1,4-6,8H,3,7H2. The maximum absolute atomic E-state index is 5.24. The van der Waals surface area contributed by atoms with Gasteiger partial charge in [0, 0.05) is 12.6 Å². The molecule has 1 rings (SSSR count). The molecule has 0 spiro atoms. The van der Waals surface area contributed by atoms with E-state index in [1.54, 1.807) is 12.4 Å². The van der Waals surface area contributed by atoms with E-state index in [0.717, 1.165) is 5.75 Å². The Hall–Kier alpha value is -1.49. The average Bonchev–Trinajstić information content (AvgIpc) is 2.07. The lowest BCUT2D eigenvalue weighted by Crippen LogP contribution is -1.95. The molecule has 0 aromatic carbocycles. The van der Waals surface area contributed by atoms with Gasteiger partial charge in [0.05, 0.1) is 12.8 Å². The van der Waals surface area contributed by atoms with Crippen molar-refractivity contribution < 1.29 is 4.74 Å². The molecule has 0 fully saturated rings. The molecule has 0 aliphatic heterocycles. The number of pyridine rings is 1. The Bertz CT molecular complexity index is 237. The number of ether oxygens (including phenoxy) is 1. The van der Waals surface area contributed by atoms with Crippen LogP contribution < -0.4 is 4.74 Å². The molecule has 0 saturated heterocycles. The van der Waals surface area contributed by atoms with Gasteiger partial charge in [-0.25, -0.2) is 0 Å². The van der Waals surface area contributed by atoms with Gasteiger partial charge in [-0.15, -0.1) is 12.3 Å². The Morgan fingerprint density at radius 3 is 3.18 bits per heavy atom. The molecule has 0 bridgehead atoms. The van der Waals surface area contributed by atoms with Crippen molar-refractivity contribution in [3.63, 3.8) is 0 Å². The predicted molar refractivity (Wildman–Crippen MR) is 43.2 cm³/mol. The van der Waals surface area contributed by atoms with E-state index in [2.05, 4.69) is 10.9 Å². The molecule has 11 heavy (non-hydrogen) atoms. The van der Waals surface area contributed by atoms with E-state index in [4.69, 9.17) is 11.2 Å². The van der Waals surface area contributed by atoms with Gasteiger partial charge in [0.15, 0.2) is 0 Å². The summed E-state index contributed by atoms with van der Waals surface area (Å²) < 4.78 is 5.24. The molecule has 0 radical (unpaired) electrons. The molecule has 1 aromatic rings. The highest BCUT2D eigenvalue weighted by molar-refractivity contribution is 5.15. The molecule has 2 heteroatoms. The lowest BCUT2D eigenvalue weighted by Gasteiger charge is -2.00. The SMILES string of the molecule is C#CCCOc1cccnc1. The minimum Gasteiger partial charge on any atom is -0.491 e. The zero-order valence-electron chi connectivity index (χ0n) is 6.16. The second-order valence-corrected chi connectivity index (χ2v) is 1.99. The van der Waals surface area contributed by atoms with Crippen LogP contribution in [0.15, 0.2) is 24.5 Å². The summed E-state index contributed by atoms with van der Waals surface area (Å²) in [5.41, 5.74) is 0. The second-order valence-electron chi connectivity index (χ2n) is 1.99. The van der Waals surface area contributed by atoms with Crippen molar-refractivity contribution in [2.24, 2.45) is 0 Å². The first-order chi connectivity index (χ1) is 5.43. The van der Waals surface area contributed by atoms with Gasteiger partial charge in [-0.1, -0.05) is 0 Å². The molecule has 0 atom stereocenters. The van der Waals surface area contributed by atoms with Crippen LogP contribution in [0.1, 0.15) is 6.42 Å². The van der Waals surface area contributed by atoms with Gasteiger partial charge >= 0.3 is 0 Å². The highest BCUT2D eigenvalue weighted by Crippen LogP contribution is 2.05. The minimum atomic E-state index is 0.558. The molecular formula is C9H9NO. The smallest absolute Gasteiger partial charge is 0.137 e. The van der Waals surface area contributed by atoms with Gasteiger partial charge in [0.2, 0.25) is 0 Å². The normalized spacial score (nSPS) is 8.64. The number of rotatable bonds is 3. The predicted octanol–water partition coefficient (Wildman–Crippen LogP) is 1.48. The molecule has 0 saturated carbocycles. The molecule has 0 amide bonds. The van der Waals surface area contributed by atoms with Crippen molar-refractivity contribution in [2.75, 3.05) is 6.61 Å². The van der Waals surface area contributed by atoms with Crippen molar-refractivity contribution in [1.29, 1.82) is 0 Å². The van der Waals surface area contributed by atoms with Crippen LogP contribution in [-0.2, 0) is 0 Å². The molecule has 0 aliphatic carbocycles. The fourth-order valence-electron chi connectivity index (χ4n) is 0.660. The van der Waals surface area contributed by atoms with Crippen LogP contribution in [0, 0.1) is 12.3 Å². The number of nitrogens with zero attached hydrogens (tertiary/aromatic N) is 1. The summed E-state index contributed by atoms with van der Waals surface area (Å²) in [4.78, 5) is 3.89. The highest BCUT2D eigenvalue weighted by atomic mass is 16.5. The van der Waals surface area contributed by atoms with Crippen LogP contribution >= 0.6 is 0 Å². The first-order valence-electron chi connectivity index (χ1n) is 3.40. The van der Waals surface area contributed by atoms with Crippen LogP contribution in [-0.4, -0.2) is 11.6 Å². The zero-order chi connectivity index (χ0) is 7.94. The summed E-state index contributed by atoms with van der Waals surface area (Å²) in [5.74, 6) is 3.26.